The molecule has 0 spiro atoms. The van der Waals surface area contributed by atoms with Gasteiger partial charge in [0.2, 0.25) is 0 Å². The number of hydrogen-bond donors (Lipinski definition) is 0. The minimum absolute atomic E-state index is 0.446. The van der Waals surface area contributed by atoms with Gasteiger partial charge in [0.1, 0.15) is 0 Å². The molecule has 0 aliphatic carbocycles. The molecule has 0 saturated carbocycles. The molecule has 0 nitrogen and oxygen atoms in total. The van der Waals surface area contributed by atoms with E-state index in [1.54, 1.807) is 0 Å². The average Bonchev–Trinajstić information content (AvgIpc) is 3.15. The zero-order chi connectivity index (χ0) is 32.5. The number of hydrogen-bond acceptors (Lipinski definition) is 0. The third-order valence-electron chi connectivity index (χ3n) is 6.94. The number of rotatable bonds is 7. The largest absolute Gasteiger partial charge is 0.0622 e. The quantitative estimate of drug-likeness (QED) is 0.0850. The summed E-state index contributed by atoms with van der Waals surface area (Å²) in [5.74, 6) is 0. The van der Waals surface area contributed by atoms with E-state index in [9.17, 15) is 0 Å². The van der Waals surface area contributed by atoms with E-state index in [0.717, 1.165) is 14.4 Å². The van der Waals surface area contributed by atoms with Crippen LogP contribution in [0.5, 0.6) is 0 Å². The van der Waals surface area contributed by atoms with E-state index in [-0.39, 0.29) is 0 Å². The molecule has 0 bridgehead atoms. The van der Waals surface area contributed by atoms with Crippen molar-refractivity contribution in [2.75, 3.05) is 0 Å². The van der Waals surface area contributed by atoms with Crippen molar-refractivity contribution in [3.05, 3.63) is 210 Å². The minimum Gasteiger partial charge on any atom is -0.0622 e. The second-order valence-electron chi connectivity index (χ2n) is 10.1. The predicted octanol–water partition coefficient (Wildman–Crippen LogP) is 9.24. The Morgan fingerprint density at radius 1 is 0.298 bits per heavy atom. The van der Waals surface area contributed by atoms with Gasteiger partial charge in [0, 0.05) is 0 Å². The first-order valence-electron chi connectivity index (χ1n) is 15.1. The van der Waals surface area contributed by atoms with Crippen molar-refractivity contribution in [3.63, 3.8) is 0 Å². The van der Waals surface area contributed by atoms with Gasteiger partial charge >= 0.3 is 88.3 Å². The van der Waals surface area contributed by atoms with Crippen molar-refractivity contribution in [2.45, 2.75) is 0 Å². The van der Waals surface area contributed by atoms with Gasteiger partial charge in [-0.15, -0.1) is 0 Å². The van der Waals surface area contributed by atoms with Crippen LogP contribution in [0.2, 0.25) is 0 Å². The second-order valence-corrected chi connectivity index (χ2v) is 19.0. The van der Waals surface area contributed by atoms with Crippen LogP contribution in [-0.2, 0) is 14.4 Å². The van der Waals surface area contributed by atoms with Gasteiger partial charge in [-0.1, -0.05) is 182 Å². The molecule has 0 N–H and O–H groups in total. The Morgan fingerprint density at radius 3 is 0.702 bits per heavy atom. The van der Waals surface area contributed by atoms with E-state index in [1.165, 1.54) is 39.4 Å². The van der Waals surface area contributed by atoms with Crippen molar-refractivity contribution in [1.82, 2.24) is 0 Å². The molecule has 0 atom stereocenters. The van der Waals surface area contributed by atoms with E-state index in [2.05, 4.69) is 248 Å². The van der Waals surface area contributed by atoms with Gasteiger partial charge in [-0.05, 0) is 47.7 Å². The summed E-state index contributed by atoms with van der Waals surface area (Å²) < 4.78 is 2.76. The van der Waals surface area contributed by atoms with Crippen LogP contribution in [0, 0.1) is 3.57 Å². The Labute approximate surface area is 314 Å². The van der Waals surface area contributed by atoms with Gasteiger partial charge in [0.15, 0.2) is 0 Å². The molecular formula is C42H34I2P2Pd. The molecule has 7 rings (SSSR count). The smallest absolute Gasteiger partial charge is 0.0134 e. The van der Waals surface area contributed by atoms with Crippen LogP contribution in [-0.4, -0.2) is 0 Å². The molecule has 0 heterocycles. The third-order valence-corrected chi connectivity index (χ3v) is 15.7. The molecule has 0 fully saturated rings. The molecule has 236 valence electrons. The predicted molar refractivity (Wildman–Crippen MR) is 223 cm³/mol. The van der Waals surface area contributed by atoms with Gasteiger partial charge in [0.25, 0.3) is 0 Å². The topological polar surface area (TPSA) is 0 Å². The van der Waals surface area contributed by atoms with Gasteiger partial charge in [-0.2, -0.15) is 0 Å². The fourth-order valence-electron chi connectivity index (χ4n) is 4.82. The average molecular weight is 961 g/mol. The molecular weight excluding hydrogens is 927 g/mol. The first-order valence-corrected chi connectivity index (χ1v) is 24.3. The molecule has 0 unspecified atom stereocenters. The molecule has 7 aromatic carbocycles. The number of benzene rings is 7. The summed E-state index contributed by atoms with van der Waals surface area (Å²) in [5, 5.41) is 8.39. The zero-order valence-electron chi connectivity index (χ0n) is 25.6. The summed E-state index contributed by atoms with van der Waals surface area (Å²) in [7, 11) is -0.892. The van der Waals surface area contributed by atoms with Crippen molar-refractivity contribution in [3.8, 4) is 0 Å². The van der Waals surface area contributed by atoms with Crippen molar-refractivity contribution < 1.29 is 14.4 Å². The Bertz CT molecular complexity index is 1540. The fraction of sp³-hybridized carbons (Fsp3) is 0. The van der Waals surface area contributed by atoms with Crippen LogP contribution in [0.4, 0.5) is 0 Å². The maximum absolute atomic E-state index is 2.41. The first kappa shape index (κ1) is 35.8. The van der Waals surface area contributed by atoms with E-state index >= 15 is 0 Å². The Hall–Kier alpha value is -2.48. The zero-order valence-corrected chi connectivity index (χ0v) is 33.3. The van der Waals surface area contributed by atoms with Crippen molar-refractivity contribution >= 4 is 93.8 Å². The van der Waals surface area contributed by atoms with Crippen LogP contribution in [0.3, 0.4) is 0 Å². The van der Waals surface area contributed by atoms with Crippen LogP contribution in [0.15, 0.2) is 206 Å². The summed E-state index contributed by atoms with van der Waals surface area (Å²) in [5.41, 5.74) is 0. The molecule has 0 aliphatic rings. The van der Waals surface area contributed by atoms with Crippen LogP contribution >= 0.6 is 57.9 Å². The van der Waals surface area contributed by atoms with Crippen LogP contribution < -0.4 is 35.9 Å². The van der Waals surface area contributed by atoms with Gasteiger partial charge < -0.3 is 0 Å². The Morgan fingerprint density at radius 2 is 0.511 bits per heavy atom. The van der Waals surface area contributed by atoms with E-state index < -0.39 is 15.8 Å². The SMILES string of the molecule is [I][Pd][c]1ccc(I)cc1.c1ccc(P(c2ccccc2)c2ccccc2)cc1.c1ccc(P(c2ccccc2)c2ccccc2)cc1. The monoisotopic (exact) mass is 960 g/mol. The maximum Gasteiger partial charge on any atom is -0.0134 e. The molecule has 0 saturated heterocycles. The van der Waals surface area contributed by atoms with E-state index in [0.29, 0.717) is 0 Å². The number of halogens is 2. The van der Waals surface area contributed by atoms with Crippen molar-refractivity contribution in [1.29, 1.82) is 0 Å². The minimum atomic E-state index is -0.446. The molecule has 0 radical (unpaired) electrons. The summed E-state index contributed by atoms with van der Waals surface area (Å²) in [6.07, 6.45) is 0. The van der Waals surface area contributed by atoms with E-state index in [4.69, 9.17) is 0 Å². The summed E-state index contributed by atoms with van der Waals surface area (Å²) >= 11 is 5.45. The molecule has 5 heteroatoms. The normalized spacial score (nSPS) is 10.5. The van der Waals surface area contributed by atoms with Gasteiger partial charge in [-0.3, -0.25) is 0 Å². The molecule has 0 amide bonds. The summed E-state index contributed by atoms with van der Waals surface area (Å²) in [6.45, 7) is 0. The van der Waals surface area contributed by atoms with Crippen molar-refractivity contribution in [2.24, 2.45) is 0 Å². The molecule has 7 aromatic rings. The summed E-state index contributed by atoms with van der Waals surface area (Å²) in [4.78, 5) is 0. The standard InChI is InChI=1S/2C18H15P.C6H4I.HI.Pd/c2*1-4-10-16(11-5-1)19(17-12-6-2-7-13-17)18-14-8-3-9-15-18;7-6-4-2-1-3-5-6;;/h2*1-15H;2-5H;1H;/q;;;;+1/p-1. The van der Waals surface area contributed by atoms with Gasteiger partial charge in [0.05, 0.1) is 0 Å². The molecule has 0 aliphatic heterocycles. The van der Waals surface area contributed by atoms with Crippen LogP contribution in [0.25, 0.3) is 0 Å². The van der Waals surface area contributed by atoms with E-state index in [1.807, 2.05) is 0 Å². The maximum atomic E-state index is 2.41. The summed E-state index contributed by atoms with van der Waals surface area (Å²) in [6, 6.07) is 73.3. The second kappa shape index (κ2) is 20.1. The Balaban J connectivity index is 0.000000148. The molecule has 47 heavy (non-hydrogen) atoms. The first-order chi connectivity index (χ1) is 23.2. The Kier molecular flexibility index (Phi) is 15.3. The third kappa shape index (κ3) is 11.3. The molecule has 0 aromatic heterocycles. The van der Waals surface area contributed by atoms with Crippen LogP contribution in [0.1, 0.15) is 0 Å². The fourth-order valence-corrected chi connectivity index (χ4v) is 11.6. The van der Waals surface area contributed by atoms with Gasteiger partial charge in [-0.25, -0.2) is 0 Å².